The number of benzene rings is 2. The van der Waals surface area contributed by atoms with E-state index in [1.165, 1.54) is 7.11 Å². The monoisotopic (exact) mass is 397 g/mol. The lowest BCUT2D eigenvalue weighted by Gasteiger charge is -2.19. The Balaban J connectivity index is 1.93. The van der Waals surface area contributed by atoms with E-state index >= 15 is 0 Å². The number of hydrogen-bond donors (Lipinski definition) is 2. The summed E-state index contributed by atoms with van der Waals surface area (Å²) in [6.07, 6.45) is 2.26. The van der Waals surface area contributed by atoms with Crippen molar-refractivity contribution in [1.29, 1.82) is 0 Å². The zero-order chi connectivity index (χ0) is 21.2. The standard InChI is InChI=1S/C22H27N3O4/c1-4-5-14-25(2)19-12-8-17(9-13-19)22(28)24-18-10-6-16(7-11-18)21(27)23-15-20(26)29-3/h6-13H,4-5,14-15H2,1-3H3,(H,23,27)(H,24,28). The number of unbranched alkanes of at least 4 members (excludes halogenated alkanes) is 1. The maximum atomic E-state index is 12.4. The smallest absolute Gasteiger partial charge is 0.325 e. The maximum absolute atomic E-state index is 12.4. The van der Waals surface area contributed by atoms with Crippen molar-refractivity contribution >= 4 is 29.2 Å². The number of ether oxygens (including phenoxy) is 1. The van der Waals surface area contributed by atoms with Gasteiger partial charge in [0.2, 0.25) is 0 Å². The van der Waals surface area contributed by atoms with Gasteiger partial charge >= 0.3 is 5.97 Å². The fourth-order valence-corrected chi connectivity index (χ4v) is 2.63. The molecule has 0 radical (unpaired) electrons. The predicted octanol–water partition coefficient (Wildman–Crippen LogP) is 3.08. The number of rotatable bonds is 9. The number of nitrogens with zero attached hydrogens (tertiary/aromatic N) is 1. The number of carbonyl (C=O) groups is 3. The van der Waals surface area contributed by atoms with Crippen molar-refractivity contribution < 1.29 is 19.1 Å². The lowest BCUT2D eigenvalue weighted by Crippen LogP contribution is -2.30. The number of anilines is 2. The van der Waals surface area contributed by atoms with E-state index in [1.54, 1.807) is 36.4 Å². The van der Waals surface area contributed by atoms with Gasteiger partial charge in [-0.15, -0.1) is 0 Å². The van der Waals surface area contributed by atoms with E-state index in [0.29, 0.717) is 16.8 Å². The second-order valence-corrected chi connectivity index (χ2v) is 6.61. The minimum Gasteiger partial charge on any atom is -0.468 e. The predicted molar refractivity (Wildman–Crippen MR) is 113 cm³/mol. The van der Waals surface area contributed by atoms with Crippen LogP contribution in [0.25, 0.3) is 0 Å². The van der Waals surface area contributed by atoms with Gasteiger partial charge in [-0.05, 0) is 55.0 Å². The van der Waals surface area contributed by atoms with Crippen molar-refractivity contribution in [3.05, 3.63) is 59.7 Å². The molecule has 154 valence electrons. The van der Waals surface area contributed by atoms with Crippen molar-refractivity contribution in [3.63, 3.8) is 0 Å². The Morgan fingerprint density at radius 2 is 1.52 bits per heavy atom. The van der Waals surface area contributed by atoms with Crippen LogP contribution in [0.3, 0.4) is 0 Å². The molecule has 0 spiro atoms. The molecule has 7 heteroatoms. The molecule has 0 aromatic heterocycles. The summed E-state index contributed by atoms with van der Waals surface area (Å²) in [7, 11) is 3.29. The molecule has 0 heterocycles. The van der Waals surface area contributed by atoms with Gasteiger partial charge in [0.05, 0.1) is 7.11 Å². The number of esters is 1. The molecule has 2 amide bonds. The Hall–Kier alpha value is -3.35. The molecule has 2 N–H and O–H groups in total. The summed E-state index contributed by atoms with van der Waals surface area (Å²) < 4.78 is 4.48. The summed E-state index contributed by atoms with van der Waals surface area (Å²) in [6.45, 7) is 2.93. The number of amides is 2. The van der Waals surface area contributed by atoms with Crippen molar-refractivity contribution in [2.45, 2.75) is 19.8 Å². The van der Waals surface area contributed by atoms with Crippen LogP contribution < -0.4 is 15.5 Å². The van der Waals surface area contributed by atoms with Gasteiger partial charge in [0, 0.05) is 36.1 Å². The number of methoxy groups -OCH3 is 1. The van der Waals surface area contributed by atoms with Gasteiger partial charge in [-0.3, -0.25) is 14.4 Å². The first-order chi connectivity index (χ1) is 13.9. The minimum atomic E-state index is -0.523. The van der Waals surface area contributed by atoms with Crippen LogP contribution in [0, 0.1) is 0 Å². The molecular formula is C22H27N3O4. The Labute approximate surface area is 171 Å². The third-order valence-corrected chi connectivity index (χ3v) is 4.44. The van der Waals surface area contributed by atoms with Gasteiger partial charge in [-0.25, -0.2) is 0 Å². The molecule has 0 saturated heterocycles. The number of carbonyl (C=O) groups excluding carboxylic acids is 3. The van der Waals surface area contributed by atoms with Crippen LogP contribution in [0.4, 0.5) is 11.4 Å². The lowest BCUT2D eigenvalue weighted by molar-refractivity contribution is -0.139. The average Bonchev–Trinajstić information content (AvgIpc) is 2.76. The molecule has 0 unspecified atom stereocenters. The summed E-state index contributed by atoms with van der Waals surface area (Å²) in [5, 5.41) is 5.27. The second-order valence-electron chi connectivity index (χ2n) is 6.61. The fraction of sp³-hybridized carbons (Fsp3) is 0.318. The van der Waals surface area contributed by atoms with E-state index in [2.05, 4.69) is 27.2 Å². The molecule has 0 aliphatic carbocycles. The van der Waals surface area contributed by atoms with Crippen molar-refractivity contribution in [2.24, 2.45) is 0 Å². The Morgan fingerprint density at radius 1 is 0.931 bits per heavy atom. The van der Waals surface area contributed by atoms with E-state index in [4.69, 9.17) is 0 Å². The van der Waals surface area contributed by atoms with Gasteiger partial charge in [-0.1, -0.05) is 13.3 Å². The summed E-state index contributed by atoms with van der Waals surface area (Å²) >= 11 is 0. The molecule has 2 rings (SSSR count). The molecule has 29 heavy (non-hydrogen) atoms. The highest BCUT2D eigenvalue weighted by Crippen LogP contribution is 2.16. The van der Waals surface area contributed by atoms with Crippen LogP contribution in [-0.2, 0) is 9.53 Å². The molecule has 0 aliphatic heterocycles. The summed E-state index contributed by atoms with van der Waals surface area (Å²) in [5.74, 6) is -1.14. The normalized spacial score (nSPS) is 10.2. The summed E-state index contributed by atoms with van der Waals surface area (Å²) in [5.41, 5.74) is 2.57. The zero-order valence-corrected chi connectivity index (χ0v) is 17.0. The molecule has 0 fully saturated rings. The number of nitrogens with one attached hydrogen (secondary N) is 2. The van der Waals surface area contributed by atoms with E-state index in [9.17, 15) is 14.4 Å². The van der Waals surface area contributed by atoms with Gasteiger partial charge < -0.3 is 20.3 Å². The highest BCUT2D eigenvalue weighted by atomic mass is 16.5. The topological polar surface area (TPSA) is 87.7 Å². The van der Waals surface area contributed by atoms with Gasteiger partial charge in [0.15, 0.2) is 0 Å². The SMILES string of the molecule is CCCCN(C)c1ccc(C(=O)Nc2ccc(C(=O)NCC(=O)OC)cc2)cc1. The first-order valence-electron chi connectivity index (χ1n) is 9.52. The van der Waals surface area contributed by atoms with Crippen molar-refractivity contribution in [1.82, 2.24) is 5.32 Å². The van der Waals surface area contributed by atoms with Crippen LogP contribution >= 0.6 is 0 Å². The quantitative estimate of drug-likeness (QED) is 0.635. The lowest BCUT2D eigenvalue weighted by atomic mass is 10.1. The van der Waals surface area contributed by atoms with E-state index in [1.807, 2.05) is 19.2 Å². The molecule has 7 nitrogen and oxygen atoms in total. The highest BCUT2D eigenvalue weighted by molar-refractivity contribution is 6.04. The Bertz CT molecular complexity index is 832. The molecule has 2 aromatic carbocycles. The molecular weight excluding hydrogens is 370 g/mol. The highest BCUT2D eigenvalue weighted by Gasteiger charge is 2.10. The first kappa shape index (κ1) is 21.9. The van der Waals surface area contributed by atoms with Crippen LogP contribution in [0.15, 0.2) is 48.5 Å². The van der Waals surface area contributed by atoms with Gasteiger partial charge in [0.1, 0.15) is 6.54 Å². The van der Waals surface area contributed by atoms with Crippen molar-refractivity contribution in [2.75, 3.05) is 37.5 Å². The Kier molecular flexibility index (Phi) is 8.21. The van der Waals surface area contributed by atoms with Gasteiger partial charge in [0.25, 0.3) is 11.8 Å². The zero-order valence-electron chi connectivity index (χ0n) is 17.0. The molecule has 0 aliphatic rings. The molecule has 0 atom stereocenters. The molecule has 0 bridgehead atoms. The third-order valence-electron chi connectivity index (χ3n) is 4.44. The fourth-order valence-electron chi connectivity index (χ4n) is 2.63. The first-order valence-corrected chi connectivity index (χ1v) is 9.52. The van der Waals surface area contributed by atoms with Crippen LogP contribution in [0.5, 0.6) is 0 Å². The van der Waals surface area contributed by atoms with Crippen LogP contribution in [0.2, 0.25) is 0 Å². The van der Waals surface area contributed by atoms with E-state index in [-0.39, 0.29) is 12.5 Å². The van der Waals surface area contributed by atoms with Crippen LogP contribution in [-0.4, -0.2) is 45.0 Å². The Morgan fingerprint density at radius 3 is 2.10 bits per heavy atom. The largest absolute Gasteiger partial charge is 0.468 e. The third kappa shape index (κ3) is 6.64. The number of hydrogen-bond acceptors (Lipinski definition) is 5. The average molecular weight is 397 g/mol. The second kappa shape index (κ2) is 10.8. The molecule has 0 saturated carbocycles. The van der Waals surface area contributed by atoms with Gasteiger partial charge in [-0.2, -0.15) is 0 Å². The maximum Gasteiger partial charge on any atom is 0.325 e. The van der Waals surface area contributed by atoms with E-state index in [0.717, 1.165) is 25.1 Å². The molecule has 2 aromatic rings. The van der Waals surface area contributed by atoms with Crippen molar-refractivity contribution in [3.8, 4) is 0 Å². The summed E-state index contributed by atoms with van der Waals surface area (Å²) in [4.78, 5) is 37.6. The summed E-state index contributed by atoms with van der Waals surface area (Å²) in [6, 6.07) is 13.9. The van der Waals surface area contributed by atoms with E-state index < -0.39 is 11.9 Å². The van der Waals surface area contributed by atoms with Crippen LogP contribution in [0.1, 0.15) is 40.5 Å². The minimum absolute atomic E-state index is 0.197.